The second-order valence-electron chi connectivity index (χ2n) is 4.74. The minimum absolute atomic E-state index is 0.00976. The van der Waals surface area contributed by atoms with Gasteiger partial charge in [-0.2, -0.15) is 0 Å². The fourth-order valence-corrected chi connectivity index (χ4v) is 4.19. The first-order valence-corrected chi connectivity index (χ1v) is 8.07. The van der Waals surface area contributed by atoms with Crippen LogP contribution in [0.3, 0.4) is 0 Å². The minimum Gasteiger partial charge on any atom is -0.349 e. The zero-order valence-electron chi connectivity index (χ0n) is 9.97. The lowest BCUT2D eigenvalue weighted by atomic mass is 10.2. The van der Waals surface area contributed by atoms with Gasteiger partial charge in [-0.15, -0.1) is 0 Å². The summed E-state index contributed by atoms with van der Waals surface area (Å²) in [6, 6.07) is 1.28. The van der Waals surface area contributed by atoms with Gasteiger partial charge in [0.15, 0.2) is 15.7 Å². The second-order valence-corrected chi connectivity index (χ2v) is 7.40. The maximum atomic E-state index is 11.8. The van der Waals surface area contributed by atoms with Crippen molar-refractivity contribution in [1.29, 1.82) is 0 Å². The van der Waals surface area contributed by atoms with E-state index in [0.717, 1.165) is 0 Å². The number of nitrogens with one attached hydrogen (secondary N) is 1. The Balaban J connectivity index is 2.06. The molecule has 3 heterocycles. The highest BCUT2D eigenvalue weighted by Gasteiger charge is 2.36. The number of carbonyl (C=O) groups is 1. The van der Waals surface area contributed by atoms with Crippen LogP contribution in [0.4, 0.5) is 11.5 Å². The molecule has 8 heteroatoms. The normalized spacial score (nSPS) is 25.0. The summed E-state index contributed by atoms with van der Waals surface area (Å²) in [6.07, 6.45) is 1.64. The molecule has 1 atom stereocenters. The molecule has 6 nitrogen and oxygen atoms in total. The predicted molar refractivity (Wildman–Crippen MR) is 72.3 cm³/mol. The predicted octanol–water partition coefficient (Wildman–Crippen LogP) is 0.681. The molecule has 0 bridgehead atoms. The monoisotopic (exact) mass is 301 g/mol. The number of halogens is 1. The fraction of sp³-hybridized carbons (Fsp3) is 0.455. The average molecular weight is 302 g/mol. The highest BCUT2D eigenvalue weighted by Crippen LogP contribution is 2.33. The van der Waals surface area contributed by atoms with Crippen molar-refractivity contribution in [2.75, 3.05) is 28.3 Å². The van der Waals surface area contributed by atoms with Gasteiger partial charge in [0.25, 0.3) is 0 Å². The maximum Gasteiger partial charge on any atom is 0.226 e. The van der Waals surface area contributed by atoms with E-state index in [4.69, 9.17) is 11.6 Å². The van der Waals surface area contributed by atoms with Crippen LogP contribution in [0.15, 0.2) is 12.3 Å². The van der Waals surface area contributed by atoms with Gasteiger partial charge < -0.3 is 10.2 Å². The highest BCUT2D eigenvalue weighted by molar-refractivity contribution is 7.91. The van der Waals surface area contributed by atoms with E-state index in [9.17, 15) is 13.2 Å². The van der Waals surface area contributed by atoms with Gasteiger partial charge in [0.05, 0.1) is 28.3 Å². The molecule has 0 spiro atoms. The molecule has 0 aliphatic carbocycles. The molecular formula is C11H12ClN3O3S. The Morgan fingerprint density at radius 2 is 2.26 bits per heavy atom. The molecule has 102 valence electrons. The molecule has 0 aromatic carbocycles. The Morgan fingerprint density at radius 1 is 1.47 bits per heavy atom. The van der Waals surface area contributed by atoms with Gasteiger partial charge in [0.1, 0.15) is 0 Å². The van der Waals surface area contributed by atoms with Crippen LogP contribution < -0.4 is 10.2 Å². The molecule has 1 unspecified atom stereocenters. The third-order valence-corrected chi connectivity index (χ3v) is 5.23. The summed E-state index contributed by atoms with van der Waals surface area (Å²) in [5.74, 6) is 0.455. The van der Waals surface area contributed by atoms with Gasteiger partial charge in [-0.3, -0.25) is 4.79 Å². The molecule has 1 amide bonds. The van der Waals surface area contributed by atoms with Crippen molar-refractivity contribution in [3.63, 3.8) is 0 Å². The summed E-state index contributed by atoms with van der Waals surface area (Å²) in [7, 11) is -3.08. The largest absolute Gasteiger partial charge is 0.349 e. The van der Waals surface area contributed by atoms with E-state index >= 15 is 0 Å². The van der Waals surface area contributed by atoms with Crippen LogP contribution >= 0.6 is 11.6 Å². The number of anilines is 2. The topological polar surface area (TPSA) is 79.4 Å². The van der Waals surface area contributed by atoms with Gasteiger partial charge in [-0.1, -0.05) is 11.6 Å². The van der Waals surface area contributed by atoms with Crippen LogP contribution in [0.2, 0.25) is 5.02 Å². The average Bonchev–Trinajstić information content (AvgIpc) is 2.41. The third kappa shape index (κ3) is 2.40. The molecule has 0 radical (unpaired) electrons. The van der Waals surface area contributed by atoms with Crippen LogP contribution in [0.5, 0.6) is 0 Å². The van der Waals surface area contributed by atoms with E-state index in [1.54, 1.807) is 6.07 Å². The third-order valence-electron chi connectivity index (χ3n) is 3.33. The molecule has 0 saturated carbocycles. The van der Waals surface area contributed by atoms with Crippen LogP contribution in [0.1, 0.15) is 6.42 Å². The van der Waals surface area contributed by atoms with Crippen molar-refractivity contribution < 1.29 is 13.2 Å². The van der Waals surface area contributed by atoms with Gasteiger partial charge in [-0.05, 0) is 6.07 Å². The van der Waals surface area contributed by atoms with Gasteiger partial charge in [-0.25, -0.2) is 13.4 Å². The summed E-state index contributed by atoms with van der Waals surface area (Å²) < 4.78 is 23.4. The Hall–Kier alpha value is -1.34. The van der Waals surface area contributed by atoms with Crippen molar-refractivity contribution in [2.45, 2.75) is 12.5 Å². The summed E-state index contributed by atoms with van der Waals surface area (Å²) in [6.45, 7) is 0.351. The number of fused-ring (bicyclic) bond motifs is 3. The summed E-state index contributed by atoms with van der Waals surface area (Å²) in [4.78, 5) is 17.9. The molecule has 1 saturated heterocycles. The lowest BCUT2D eigenvalue weighted by molar-refractivity contribution is -0.116. The number of carbonyl (C=O) groups excluding carboxylic acids is 1. The van der Waals surface area contributed by atoms with Crippen LogP contribution in [-0.2, 0) is 14.6 Å². The van der Waals surface area contributed by atoms with E-state index in [1.165, 1.54) is 6.20 Å². The molecule has 1 fully saturated rings. The van der Waals surface area contributed by atoms with Crippen molar-refractivity contribution in [1.82, 2.24) is 4.98 Å². The number of sulfone groups is 1. The molecule has 2 aliphatic rings. The van der Waals surface area contributed by atoms with Crippen LogP contribution in [0.25, 0.3) is 0 Å². The van der Waals surface area contributed by atoms with E-state index in [2.05, 4.69) is 10.3 Å². The van der Waals surface area contributed by atoms with E-state index in [-0.39, 0.29) is 29.9 Å². The first-order chi connectivity index (χ1) is 8.94. The Bertz CT molecular complexity index is 647. The Kier molecular flexibility index (Phi) is 2.90. The van der Waals surface area contributed by atoms with E-state index < -0.39 is 9.84 Å². The summed E-state index contributed by atoms with van der Waals surface area (Å²) in [5.41, 5.74) is 0.541. The first-order valence-electron chi connectivity index (χ1n) is 5.87. The van der Waals surface area contributed by atoms with Crippen LogP contribution in [0, 0.1) is 0 Å². The molecule has 19 heavy (non-hydrogen) atoms. The van der Waals surface area contributed by atoms with Crippen molar-refractivity contribution >= 4 is 38.9 Å². The molecular weight excluding hydrogens is 290 g/mol. The van der Waals surface area contributed by atoms with Crippen molar-refractivity contribution in [3.8, 4) is 0 Å². The molecule has 1 N–H and O–H groups in total. The number of aromatic nitrogens is 1. The molecule has 1 aromatic heterocycles. The Morgan fingerprint density at radius 3 is 3.05 bits per heavy atom. The highest BCUT2D eigenvalue weighted by atomic mass is 35.5. The van der Waals surface area contributed by atoms with E-state index in [0.29, 0.717) is 23.1 Å². The molecule has 1 aromatic rings. The number of rotatable bonds is 0. The maximum absolute atomic E-state index is 11.8. The quantitative estimate of drug-likeness (QED) is 0.762. The van der Waals surface area contributed by atoms with Crippen molar-refractivity contribution in [2.24, 2.45) is 0 Å². The van der Waals surface area contributed by atoms with Crippen LogP contribution in [-0.4, -0.2) is 43.4 Å². The summed E-state index contributed by atoms with van der Waals surface area (Å²) in [5, 5.41) is 3.16. The number of pyridine rings is 1. The number of amides is 1. The fourth-order valence-electron chi connectivity index (χ4n) is 2.50. The SMILES string of the molecule is O=C1CC2CS(=O)(=O)CCN2c2ncc(Cl)cc2N1. The standard InChI is InChI=1S/C11H12ClN3O3S/c12-7-3-9-11(13-5-7)15-1-2-19(17,18)6-8(15)4-10(16)14-9/h3,5,8H,1-2,4,6H2,(H,14,16). The molecule has 2 aliphatic heterocycles. The smallest absolute Gasteiger partial charge is 0.226 e. The zero-order valence-corrected chi connectivity index (χ0v) is 11.5. The second kappa shape index (κ2) is 4.35. The Labute approximate surface area is 115 Å². The van der Waals surface area contributed by atoms with E-state index in [1.807, 2.05) is 4.90 Å². The lowest BCUT2D eigenvalue weighted by Gasteiger charge is -2.34. The number of hydrogen-bond acceptors (Lipinski definition) is 5. The lowest BCUT2D eigenvalue weighted by Crippen LogP contribution is -2.49. The zero-order chi connectivity index (χ0) is 13.6. The van der Waals surface area contributed by atoms with Gasteiger partial charge in [0, 0.05) is 19.2 Å². The van der Waals surface area contributed by atoms with Crippen molar-refractivity contribution in [3.05, 3.63) is 17.3 Å². The first kappa shape index (κ1) is 12.7. The minimum atomic E-state index is -3.08. The summed E-state index contributed by atoms with van der Waals surface area (Å²) >= 11 is 5.87. The molecule has 3 rings (SSSR count). The number of nitrogens with zero attached hydrogens (tertiary/aromatic N) is 2. The number of hydrogen-bond donors (Lipinski definition) is 1. The van der Waals surface area contributed by atoms with Gasteiger partial charge in [0.2, 0.25) is 5.91 Å². The van der Waals surface area contributed by atoms with Gasteiger partial charge >= 0.3 is 0 Å².